The number of imidazole rings is 1. The lowest BCUT2D eigenvalue weighted by Gasteiger charge is -2.07. The molecule has 19 heavy (non-hydrogen) atoms. The number of aromatic nitrogens is 2. The molecule has 3 nitrogen and oxygen atoms in total. The van der Waals surface area contributed by atoms with E-state index in [9.17, 15) is 0 Å². The van der Waals surface area contributed by atoms with Crippen LogP contribution in [0, 0.1) is 6.92 Å². The third-order valence-electron chi connectivity index (χ3n) is 3.40. The van der Waals surface area contributed by atoms with Gasteiger partial charge >= 0.3 is 0 Å². The lowest BCUT2D eigenvalue weighted by Crippen LogP contribution is -1.99. The molecule has 0 aliphatic rings. The van der Waals surface area contributed by atoms with Crippen molar-refractivity contribution in [1.82, 2.24) is 9.38 Å². The van der Waals surface area contributed by atoms with Gasteiger partial charge in [-0.15, -0.1) is 0 Å². The zero-order chi connectivity index (χ0) is 13.2. The van der Waals surface area contributed by atoms with Crippen LogP contribution in [0.2, 0.25) is 0 Å². The number of rotatable bonds is 3. The van der Waals surface area contributed by atoms with E-state index in [-0.39, 0.29) is 0 Å². The van der Waals surface area contributed by atoms with E-state index in [1.807, 2.05) is 24.4 Å². The van der Waals surface area contributed by atoms with Crippen LogP contribution in [0.5, 0.6) is 5.75 Å². The molecule has 96 valence electrons. The topological polar surface area (TPSA) is 26.5 Å². The SMILES string of the molecule is COc1ccccc1Cc1ncc2c(C)cccn12. The number of para-hydroxylation sites is 1. The van der Waals surface area contributed by atoms with E-state index in [0.29, 0.717) is 0 Å². The number of hydrogen-bond acceptors (Lipinski definition) is 2. The molecule has 0 aliphatic carbocycles. The summed E-state index contributed by atoms with van der Waals surface area (Å²) >= 11 is 0. The van der Waals surface area contributed by atoms with Crippen molar-refractivity contribution in [3.8, 4) is 5.75 Å². The predicted octanol–water partition coefficient (Wildman–Crippen LogP) is 3.24. The van der Waals surface area contributed by atoms with Crippen molar-refractivity contribution in [3.05, 3.63) is 65.7 Å². The van der Waals surface area contributed by atoms with Crippen LogP contribution in [-0.4, -0.2) is 16.5 Å². The van der Waals surface area contributed by atoms with Gasteiger partial charge in [0.05, 0.1) is 18.8 Å². The lowest BCUT2D eigenvalue weighted by molar-refractivity contribution is 0.410. The van der Waals surface area contributed by atoms with Gasteiger partial charge in [-0.1, -0.05) is 24.3 Å². The minimum atomic E-state index is 0.766. The predicted molar refractivity (Wildman–Crippen MR) is 75.7 cm³/mol. The Kier molecular flexibility index (Phi) is 2.95. The van der Waals surface area contributed by atoms with Gasteiger partial charge in [-0.2, -0.15) is 0 Å². The summed E-state index contributed by atoms with van der Waals surface area (Å²) in [5.74, 6) is 1.94. The fourth-order valence-corrected chi connectivity index (χ4v) is 2.37. The van der Waals surface area contributed by atoms with Gasteiger partial charge in [-0.05, 0) is 24.6 Å². The summed E-state index contributed by atoms with van der Waals surface area (Å²) in [5.41, 5.74) is 3.55. The fraction of sp³-hybridized carbons (Fsp3) is 0.188. The van der Waals surface area contributed by atoms with Crippen molar-refractivity contribution in [2.24, 2.45) is 0 Å². The average Bonchev–Trinajstić information content (AvgIpc) is 2.84. The van der Waals surface area contributed by atoms with Crippen molar-refractivity contribution in [1.29, 1.82) is 0 Å². The fourth-order valence-electron chi connectivity index (χ4n) is 2.37. The van der Waals surface area contributed by atoms with E-state index in [1.54, 1.807) is 7.11 Å². The summed E-state index contributed by atoms with van der Waals surface area (Å²) in [5, 5.41) is 0. The maximum absolute atomic E-state index is 5.39. The molecule has 0 radical (unpaired) electrons. The number of nitrogens with zero attached hydrogens (tertiary/aromatic N) is 2. The molecule has 0 aliphatic heterocycles. The summed E-state index contributed by atoms with van der Waals surface area (Å²) in [6, 6.07) is 12.2. The molecule has 0 saturated carbocycles. The van der Waals surface area contributed by atoms with Crippen molar-refractivity contribution < 1.29 is 4.74 Å². The smallest absolute Gasteiger partial charge is 0.122 e. The molecule has 0 saturated heterocycles. The van der Waals surface area contributed by atoms with Crippen LogP contribution in [0.4, 0.5) is 0 Å². The lowest BCUT2D eigenvalue weighted by atomic mass is 10.1. The maximum Gasteiger partial charge on any atom is 0.122 e. The van der Waals surface area contributed by atoms with Gasteiger partial charge in [0.1, 0.15) is 11.6 Å². The first-order chi connectivity index (χ1) is 9.29. The minimum absolute atomic E-state index is 0.766. The van der Waals surface area contributed by atoms with Crippen molar-refractivity contribution in [2.45, 2.75) is 13.3 Å². The summed E-state index contributed by atoms with van der Waals surface area (Å²) in [7, 11) is 1.70. The molecule has 0 bridgehead atoms. The first kappa shape index (κ1) is 11.8. The first-order valence-corrected chi connectivity index (χ1v) is 6.33. The van der Waals surface area contributed by atoms with Crippen LogP contribution in [0.3, 0.4) is 0 Å². The molecular formula is C16H16N2O. The number of fused-ring (bicyclic) bond motifs is 1. The third kappa shape index (κ3) is 2.08. The van der Waals surface area contributed by atoms with Gasteiger partial charge in [-0.3, -0.25) is 0 Å². The van der Waals surface area contributed by atoms with Crippen molar-refractivity contribution >= 4 is 5.52 Å². The maximum atomic E-state index is 5.39. The second kappa shape index (κ2) is 4.76. The Hall–Kier alpha value is -2.29. The van der Waals surface area contributed by atoms with Crippen LogP contribution in [0.1, 0.15) is 17.0 Å². The van der Waals surface area contributed by atoms with Crippen molar-refractivity contribution in [2.75, 3.05) is 7.11 Å². The molecule has 2 aromatic heterocycles. The van der Waals surface area contributed by atoms with Crippen LogP contribution in [0.25, 0.3) is 5.52 Å². The highest BCUT2D eigenvalue weighted by atomic mass is 16.5. The summed E-state index contributed by atoms with van der Waals surface area (Å²) in [6.07, 6.45) is 4.75. The molecule has 0 fully saturated rings. The van der Waals surface area contributed by atoms with E-state index in [1.165, 1.54) is 5.56 Å². The van der Waals surface area contributed by atoms with Crippen LogP contribution in [-0.2, 0) is 6.42 Å². The number of methoxy groups -OCH3 is 1. The molecular weight excluding hydrogens is 236 g/mol. The second-order valence-corrected chi connectivity index (χ2v) is 4.61. The molecule has 1 aromatic carbocycles. The van der Waals surface area contributed by atoms with E-state index in [2.05, 4.69) is 40.7 Å². The number of hydrogen-bond donors (Lipinski definition) is 0. The van der Waals surface area contributed by atoms with Gasteiger partial charge in [0.2, 0.25) is 0 Å². The van der Waals surface area contributed by atoms with Crippen LogP contribution >= 0.6 is 0 Å². The highest BCUT2D eigenvalue weighted by Crippen LogP contribution is 2.21. The van der Waals surface area contributed by atoms with Crippen LogP contribution < -0.4 is 4.74 Å². The van der Waals surface area contributed by atoms with Gasteiger partial charge in [0.15, 0.2) is 0 Å². The monoisotopic (exact) mass is 252 g/mol. The Morgan fingerprint density at radius 2 is 2.00 bits per heavy atom. The van der Waals surface area contributed by atoms with E-state index in [4.69, 9.17) is 4.74 Å². The first-order valence-electron chi connectivity index (χ1n) is 6.33. The zero-order valence-electron chi connectivity index (χ0n) is 11.1. The summed E-state index contributed by atoms with van der Waals surface area (Å²) < 4.78 is 7.53. The molecule has 0 unspecified atom stereocenters. The Morgan fingerprint density at radius 3 is 2.84 bits per heavy atom. The molecule has 0 spiro atoms. The van der Waals surface area contributed by atoms with Gasteiger partial charge < -0.3 is 9.14 Å². The van der Waals surface area contributed by atoms with Gasteiger partial charge in [0, 0.05) is 18.2 Å². The Labute approximate surface area is 112 Å². The Morgan fingerprint density at radius 1 is 1.16 bits per heavy atom. The van der Waals surface area contributed by atoms with E-state index in [0.717, 1.165) is 29.1 Å². The third-order valence-corrected chi connectivity index (χ3v) is 3.40. The number of benzene rings is 1. The molecule has 3 heteroatoms. The minimum Gasteiger partial charge on any atom is -0.496 e. The number of pyridine rings is 1. The van der Waals surface area contributed by atoms with Gasteiger partial charge in [0.25, 0.3) is 0 Å². The summed E-state index contributed by atoms with van der Waals surface area (Å²) in [6.45, 7) is 2.10. The highest BCUT2D eigenvalue weighted by molar-refractivity contribution is 5.53. The van der Waals surface area contributed by atoms with Crippen molar-refractivity contribution in [3.63, 3.8) is 0 Å². The second-order valence-electron chi connectivity index (χ2n) is 4.61. The van der Waals surface area contributed by atoms with Crippen LogP contribution in [0.15, 0.2) is 48.8 Å². The standard InChI is InChI=1S/C16H16N2O/c1-12-6-5-9-18-14(12)11-17-16(18)10-13-7-3-4-8-15(13)19-2/h3-9,11H,10H2,1-2H3. The molecule has 3 rings (SSSR count). The largest absolute Gasteiger partial charge is 0.496 e. The molecule has 0 N–H and O–H groups in total. The van der Waals surface area contributed by atoms with E-state index >= 15 is 0 Å². The Balaban J connectivity index is 2.04. The number of aryl methyl sites for hydroxylation is 1. The quantitative estimate of drug-likeness (QED) is 0.715. The Bertz CT molecular complexity index is 716. The normalized spacial score (nSPS) is 10.8. The highest BCUT2D eigenvalue weighted by Gasteiger charge is 2.08. The molecule has 2 heterocycles. The molecule has 0 atom stereocenters. The number of ether oxygens (including phenoxy) is 1. The average molecular weight is 252 g/mol. The summed E-state index contributed by atoms with van der Waals surface area (Å²) in [4.78, 5) is 4.53. The van der Waals surface area contributed by atoms with Gasteiger partial charge in [-0.25, -0.2) is 4.98 Å². The molecule has 0 amide bonds. The zero-order valence-corrected chi connectivity index (χ0v) is 11.1. The molecule has 3 aromatic rings. The van der Waals surface area contributed by atoms with E-state index < -0.39 is 0 Å².